The molecule has 1 saturated heterocycles. The molecule has 0 bridgehead atoms. The molecular weight excluding hydrogens is 336 g/mol. The van der Waals surface area contributed by atoms with Crippen molar-refractivity contribution in [2.75, 3.05) is 19.6 Å². The molecule has 142 valence electrons. The summed E-state index contributed by atoms with van der Waals surface area (Å²) in [7, 11) is 0. The second-order valence-electron chi connectivity index (χ2n) is 7.89. The third-order valence-electron chi connectivity index (χ3n) is 5.87. The lowest BCUT2D eigenvalue weighted by Gasteiger charge is -2.31. The Morgan fingerprint density at radius 3 is 2.85 bits per heavy atom. The Bertz CT molecular complexity index is 812. The van der Waals surface area contributed by atoms with Crippen molar-refractivity contribution in [2.24, 2.45) is 0 Å². The molecule has 2 atom stereocenters. The second-order valence-corrected chi connectivity index (χ2v) is 7.89. The summed E-state index contributed by atoms with van der Waals surface area (Å²) in [6.45, 7) is 7.48. The van der Waals surface area contributed by atoms with E-state index in [1.807, 2.05) is 18.0 Å². The summed E-state index contributed by atoms with van der Waals surface area (Å²) in [6, 6.07) is 8.26. The smallest absolute Gasteiger partial charge is 0.230 e. The topological polar surface area (TPSA) is 58.1 Å². The quantitative estimate of drug-likeness (QED) is 0.910. The number of amides is 1. The summed E-state index contributed by atoms with van der Waals surface area (Å²) in [5.41, 5.74) is 4.51. The van der Waals surface area contributed by atoms with Gasteiger partial charge in [0, 0.05) is 43.7 Å². The molecule has 3 heterocycles. The van der Waals surface area contributed by atoms with Crippen LogP contribution in [0.1, 0.15) is 59.8 Å². The fourth-order valence-corrected chi connectivity index (χ4v) is 4.06. The van der Waals surface area contributed by atoms with Gasteiger partial charge in [0.1, 0.15) is 5.82 Å². The number of benzene rings is 1. The van der Waals surface area contributed by atoms with Crippen LogP contribution >= 0.6 is 0 Å². The minimum atomic E-state index is -0.124. The van der Waals surface area contributed by atoms with E-state index in [1.54, 1.807) is 0 Å². The van der Waals surface area contributed by atoms with Crippen LogP contribution in [0.3, 0.4) is 0 Å². The van der Waals surface area contributed by atoms with Gasteiger partial charge in [-0.2, -0.15) is 0 Å². The van der Waals surface area contributed by atoms with E-state index in [-0.39, 0.29) is 11.8 Å². The molecule has 4 rings (SSSR count). The highest BCUT2D eigenvalue weighted by Gasteiger charge is 2.27. The van der Waals surface area contributed by atoms with E-state index in [9.17, 15) is 4.79 Å². The average molecular weight is 364 g/mol. The Labute approximate surface area is 161 Å². The van der Waals surface area contributed by atoms with Gasteiger partial charge in [0.15, 0.2) is 0 Å². The predicted octanol–water partition coefficient (Wildman–Crippen LogP) is 2.94. The number of nitrogens with zero attached hydrogens (tertiary/aromatic N) is 3. The number of aromatic nitrogens is 2. The van der Waals surface area contributed by atoms with Crippen LogP contribution < -0.4 is 5.32 Å². The van der Waals surface area contributed by atoms with E-state index in [2.05, 4.69) is 41.5 Å². The van der Waals surface area contributed by atoms with Crippen LogP contribution in [0.15, 0.2) is 30.5 Å². The molecule has 27 heavy (non-hydrogen) atoms. The zero-order valence-electron chi connectivity index (χ0n) is 16.2. The fourth-order valence-electron chi connectivity index (χ4n) is 4.06. The Hall–Kier alpha value is -2.27. The largest absolute Gasteiger partial charge is 0.337 e. The molecule has 2 aliphatic rings. The lowest BCUT2D eigenvalue weighted by Crippen LogP contribution is -2.39. The molecular formula is C22H28N4O. The number of hydrogen-bond donors (Lipinski definition) is 1. The minimum Gasteiger partial charge on any atom is -0.337 e. The maximum Gasteiger partial charge on any atom is 0.230 e. The van der Waals surface area contributed by atoms with Crippen LogP contribution in [-0.4, -0.2) is 40.4 Å². The number of carbonyl (C=O) groups excluding carboxylic acids is 1. The number of carbonyl (C=O) groups is 1. The first kappa shape index (κ1) is 18.1. The van der Waals surface area contributed by atoms with Gasteiger partial charge < -0.3 is 10.2 Å². The van der Waals surface area contributed by atoms with Crippen molar-refractivity contribution >= 4 is 5.91 Å². The molecule has 0 radical (unpaired) electrons. The molecule has 1 fully saturated rings. The van der Waals surface area contributed by atoms with E-state index >= 15 is 0 Å². The lowest BCUT2D eigenvalue weighted by atomic mass is 9.96. The van der Waals surface area contributed by atoms with Gasteiger partial charge in [-0.05, 0) is 38.8 Å². The molecule has 5 nitrogen and oxygen atoms in total. The van der Waals surface area contributed by atoms with Crippen molar-refractivity contribution < 1.29 is 4.79 Å². The third-order valence-corrected chi connectivity index (χ3v) is 5.87. The number of rotatable bonds is 3. The Balaban J connectivity index is 1.46. The first-order valence-electron chi connectivity index (χ1n) is 10.0. The van der Waals surface area contributed by atoms with Gasteiger partial charge in [0.25, 0.3) is 0 Å². The molecule has 0 unspecified atom stereocenters. The summed E-state index contributed by atoms with van der Waals surface area (Å²) >= 11 is 0. The molecule has 0 spiro atoms. The predicted molar refractivity (Wildman–Crippen MR) is 106 cm³/mol. The molecule has 1 aromatic heterocycles. The van der Waals surface area contributed by atoms with Crippen molar-refractivity contribution in [1.82, 2.24) is 20.2 Å². The molecule has 0 aliphatic carbocycles. The van der Waals surface area contributed by atoms with Gasteiger partial charge in [-0.15, -0.1) is 0 Å². The highest BCUT2D eigenvalue weighted by molar-refractivity contribution is 5.83. The van der Waals surface area contributed by atoms with Crippen LogP contribution in [0.5, 0.6) is 0 Å². The van der Waals surface area contributed by atoms with Crippen molar-refractivity contribution in [3.63, 3.8) is 0 Å². The minimum absolute atomic E-state index is 0.124. The summed E-state index contributed by atoms with van der Waals surface area (Å²) < 4.78 is 0. The first-order chi connectivity index (χ1) is 13.1. The van der Waals surface area contributed by atoms with E-state index in [0.29, 0.717) is 12.5 Å². The molecule has 1 aromatic carbocycles. The zero-order valence-corrected chi connectivity index (χ0v) is 16.2. The lowest BCUT2D eigenvalue weighted by molar-refractivity contribution is -0.133. The van der Waals surface area contributed by atoms with Gasteiger partial charge in [-0.3, -0.25) is 4.79 Å². The monoisotopic (exact) mass is 364 g/mol. The van der Waals surface area contributed by atoms with Gasteiger partial charge in [0.05, 0.1) is 11.6 Å². The molecule has 5 heteroatoms. The van der Waals surface area contributed by atoms with E-state index in [1.165, 1.54) is 12.0 Å². The average Bonchev–Trinajstić information content (AvgIpc) is 2.73. The second kappa shape index (κ2) is 7.77. The van der Waals surface area contributed by atoms with E-state index < -0.39 is 0 Å². The van der Waals surface area contributed by atoms with Crippen LogP contribution in [0.25, 0.3) is 0 Å². The summed E-state index contributed by atoms with van der Waals surface area (Å²) in [4.78, 5) is 24.4. The van der Waals surface area contributed by atoms with Gasteiger partial charge in [-0.25, -0.2) is 9.97 Å². The van der Waals surface area contributed by atoms with Gasteiger partial charge >= 0.3 is 0 Å². The van der Waals surface area contributed by atoms with Crippen LogP contribution in [0.2, 0.25) is 0 Å². The number of piperidine rings is 1. The summed E-state index contributed by atoms with van der Waals surface area (Å²) in [5, 5.41) is 3.43. The Morgan fingerprint density at radius 2 is 2.11 bits per heavy atom. The first-order valence-corrected chi connectivity index (χ1v) is 10.0. The number of nitrogens with one attached hydrogen (secondary N) is 1. The Kier molecular flexibility index (Phi) is 5.21. The summed E-state index contributed by atoms with van der Waals surface area (Å²) in [6.07, 6.45) is 5.11. The van der Waals surface area contributed by atoms with Crippen molar-refractivity contribution in [3.05, 3.63) is 58.7 Å². The molecule has 2 aromatic rings. The van der Waals surface area contributed by atoms with Gasteiger partial charge in [-0.1, -0.05) is 29.8 Å². The zero-order chi connectivity index (χ0) is 18.8. The van der Waals surface area contributed by atoms with Crippen LogP contribution in [0, 0.1) is 6.92 Å². The van der Waals surface area contributed by atoms with Gasteiger partial charge in [0.2, 0.25) is 5.91 Å². The highest BCUT2D eigenvalue weighted by atomic mass is 16.2. The number of hydrogen-bond acceptors (Lipinski definition) is 4. The van der Waals surface area contributed by atoms with Crippen molar-refractivity contribution in [3.8, 4) is 0 Å². The number of aryl methyl sites for hydroxylation is 1. The standard InChI is InChI=1S/C22H28N4O/c1-15-5-7-17(8-6-15)16(2)22(27)26-11-9-20-19(14-26)13-24-21(25-20)18-4-3-10-23-12-18/h5-8,13,16,18,23H,3-4,9-12,14H2,1-2H3/t16-,18-/m0/s1. The van der Waals surface area contributed by atoms with E-state index in [0.717, 1.165) is 55.1 Å². The maximum atomic E-state index is 13.0. The van der Waals surface area contributed by atoms with E-state index in [4.69, 9.17) is 4.98 Å². The molecule has 2 aliphatic heterocycles. The van der Waals surface area contributed by atoms with Crippen LogP contribution in [-0.2, 0) is 17.8 Å². The highest BCUT2D eigenvalue weighted by Crippen LogP contribution is 2.25. The molecule has 1 N–H and O–H groups in total. The Morgan fingerprint density at radius 1 is 1.30 bits per heavy atom. The molecule has 0 saturated carbocycles. The third kappa shape index (κ3) is 3.88. The van der Waals surface area contributed by atoms with Crippen molar-refractivity contribution in [1.29, 1.82) is 0 Å². The van der Waals surface area contributed by atoms with Crippen LogP contribution in [0.4, 0.5) is 0 Å². The summed E-state index contributed by atoms with van der Waals surface area (Å²) in [5.74, 6) is 1.45. The number of fused-ring (bicyclic) bond motifs is 1. The SMILES string of the molecule is Cc1ccc([C@H](C)C(=O)N2CCc3nc([C@H]4CCCNC4)ncc3C2)cc1. The molecule has 1 amide bonds. The van der Waals surface area contributed by atoms with Crippen molar-refractivity contribution in [2.45, 2.75) is 51.5 Å². The maximum absolute atomic E-state index is 13.0. The normalized spacial score (nSPS) is 20.8. The fraction of sp³-hybridized carbons (Fsp3) is 0.500.